The number of thiazole rings is 1. The third kappa shape index (κ3) is 4.21. The molecule has 4 aromatic rings. The zero-order chi connectivity index (χ0) is 30.3. The number of hydrogen-bond acceptors (Lipinski definition) is 8. The van der Waals surface area contributed by atoms with Crippen molar-refractivity contribution >= 4 is 62.2 Å². The number of benzene rings is 3. The van der Waals surface area contributed by atoms with E-state index in [1.165, 1.54) is 11.0 Å². The number of imide groups is 1. The number of nitrogens with zero attached hydrogens (tertiary/aromatic N) is 2. The molecule has 3 fully saturated rings. The van der Waals surface area contributed by atoms with Crippen LogP contribution in [0.4, 0.5) is 11.4 Å². The summed E-state index contributed by atoms with van der Waals surface area (Å²) in [4.78, 5) is 57.1. The van der Waals surface area contributed by atoms with Crippen molar-refractivity contribution in [1.82, 2.24) is 4.98 Å². The van der Waals surface area contributed by atoms with E-state index in [9.17, 15) is 24.5 Å². The highest BCUT2D eigenvalue weighted by Gasteiger charge is 2.70. The number of nitro benzene ring substituents is 1. The zero-order valence-corrected chi connectivity index (χ0v) is 26.1. The maximum Gasteiger partial charge on any atom is 0.305 e. The Bertz CT molecular complexity index is 1890. The van der Waals surface area contributed by atoms with Crippen LogP contribution in [0.3, 0.4) is 0 Å². The first kappa shape index (κ1) is 27.8. The monoisotopic (exact) mass is 689 g/mol. The molecule has 44 heavy (non-hydrogen) atoms. The van der Waals surface area contributed by atoms with Gasteiger partial charge in [-0.1, -0.05) is 57.6 Å². The molecule has 2 aliphatic heterocycles. The number of anilines is 1. The molecule has 0 radical (unpaired) electrons. The lowest BCUT2D eigenvalue weighted by Gasteiger charge is -2.43. The van der Waals surface area contributed by atoms with Crippen molar-refractivity contribution in [3.63, 3.8) is 0 Å². The standard InChI is InChI=1S/C32H24BrN3O6S2/c33-16-6-8-17(9-7-16)35-30(37)25-20-13-21(26(25)31(35)38)27-24(20)23(28-29(43-27)34-32(39)44-28)19-12-18(36(40)41)10-11-22(19)42-14-15-4-2-1-3-5-15/h1-12,20-21,23-27H,13-14H2,(H,34,39)/t20?,21?,23-,24?,25?,26?,27?/m1/s1. The molecule has 2 aliphatic carbocycles. The molecule has 9 nitrogen and oxygen atoms in total. The lowest BCUT2D eigenvalue weighted by molar-refractivity contribution is -0.385. The summed E-state index contributed by atoms with van der Waals surface area (Å²) in [6.07, 6.45) is 0.716. The smallest absolute Gasteiger partial charge is 0.305 e. The van der Waals surface area contributed by atoms with Crippen molar-refractivity contribution in [1.29, 1.82) is 0 Å². The highest BCUT2D eigenvalue weighted by Crippen LogP contribution is 2.69. The van der Waals surface area contributed by atoms with E-state index in [4.69, 9.17) is 4.74 Å². The van der Waals surface area contributed by atoms with Crippen LogP contribution < -0.4 is 14.5 Å². The molecule has 0 spiro atoms. The zero-order valence-electron chi connectivity index (χ0n) is 22.9. The Morgan fingerprint density at radius 1 is 0.977 bits per heavy atom. The number of halogens is 1. The van der Waals surface area contributed by atoms with Gasteiger partial charge in [-0.15, -0.1) is 11.8 Å². The van der Waals surface area contributed by atoms with E-state index in [0.717, 1.165) is 31.3 Å². The lowest BCUT2D eigenvalue weighted by Crippen LogP contribution is -2.42. The number of H-pyrrole nitrogens is 1. The fourth-order valence-electron chi connectivity index (χ4n) is 7.97. The van der Waals surface area contributed by atoms with Gasteiger partial charge in [0.05, 0.1) is 27.5 Å². The highest BCUT2D eigenvalue weighted by atomic mass is 79.9. The van der Waals surface area contributed by atoms with Gasteiger partial charge < -0.3 is 9.72 Å². The van der Waals surface area contributed by atoms with E-state index in [1.807, 2.05) is 42.5 Å². The minimum atomic E-state index is -0.481. The van der Waals surface area contributed by atoms with Crippen LogP contribution in [-0.4, -0.2) is 27.0 Å². The summed E-state index contributed by atoms with van der Waals surface area (Å²) in [5.41, 5.74) is 2.07. The van der Waals surface area contributed by atoms with Crippen molar-refractivity contribution < 1.29 is 19.2 Å². The van der Waals surface area contributed by atoms with E-state index >= 15 is 0 Å². The number of carbonyl (C=O) groups excluding carboxylic acids is 2. The molecule has 8 rings (SSSR count). The molecule has 4 aliphatic rings. The molecular formula is C32H24BrN3O6S2. The first-order valence-corrected chi connectivity index (χ1v) is 16.8. The van der Waals surface area contributed by atoms with Crippen molar-refractivity contribution in [3.8, 4) is 5.75 Å². The van der Waals surface area contributed by atoms with Crippen LogP contribution in [0.25, 0.3) is 0 Å². The number of fused-ring (bicyclic) bond motifs is 9. The Morgan fingerprint density at radius 3 is 2.43 bits per heavy atom. The van der Waals surface area contributed by atoms with Crippen LogP contribution in [-0.2, 0) is 16.2 Å². The number of carbonyl (C=O) groups is 2. The van der Waals surface area contributed by atoms with E-state index in [2.05, 4.69) is 20.9 Å². The predicted octanol–water partition coefficient (Wildman–Crippen LogP) is 6.36. The van der Waals surface area contributed by atoms with Crippen LogP contribution in [0.2, 0.25) is 0 Å². The molecule has 6 unspecified atom stereocenters. The van der Waals surface area contributed by atoms with Crippen molar-refractivity contribution in [2.24, 2.45) is 29.6 Å². The number of non-ortho nitro benzene ring substituents is 1. The van der Waals surface area contributed by atoms with Crippen molar-refractivity contribution in [2.75, 3.05) is 4.90 Å². The largest absolute Gasteiger partial charge is 0.489 e. The summed E-state index contributed by atoms with van der Waals surface area (Å²) >= 11 is 6.11. The third-order valence-electron chi connectivity index (χ3n) is 9.59. The minimum Gasteiger partial charge on any atom is -0.489 e. The quantitative estimate of drug-likeness (QED) is 0.142. The summed E-state index contributed by atoms with van der Waals surface area (Å²) in [5, 5.41) is 12.7. The van der Waals surface area contributed by atoms with Gasteiger partial charge in [0.1, 0.15) is 12.4 Å². The fourth-order valence-corrected chi connectivity index (χ4v) is 11.1. The first-order valence-electron chi connectivity index (χ1n) is 14.3. The van der Waals surface area contributed by atoms with Crippen LogP contribution in [0, 0.1) is 39.7 Å². The van der Waals surface area contributed by atoms with Gasteiger partial charge in [-0.05, 0) is 60.1 Å². The Balaban J connectivity index is 1.23. The second kappa shape index (κ2) is 10.4. The summed E-state index contributed by atoms with van der Waals surface area (Å²) in [6.45, 7) is 0.267. The van der Waals surface area contributed by atoms with Crippen LogP contribution >= 0.6 is 39.0 Å². The van der Waals surface area contributed by atoms with Gasteiger partial charge in [0.25, 0.3) is 5.69 Å². The number of aromatic nitrogens is 1. The normalized spacial score (nSPS) is 28.1. The maximum atomic E-state index is 14.0. The average Bonchev–Trinajstić information content (AvgIpc) is 3.76. The number of aromatic amines is 1. The Kier molecular flexibility index (Phi) is 6.58. The number of ether oxygens (including phenoxy) is 1. The molecular weight excluding hydrogens is 666 g/mol. The molecule has 2 amide bonds. The number of hydrogen-bond donors (Lipinski definition) is 1. The van der Waals surface area contributed by atoms with Gasteiger partial charge in [0.15, 0.2) is 0 Å². The lowest BCUT2D eigenvalue weighted by atomic mass is 9.68. The van der Waals surface area contributed by atoms with Gasteiger partial charge in [-0.3, -0.25) is 29.4 Å². The molecule has 2 bridgehead atoms. The van der Waals surface area contributed by atoms with Gasteiger partial charge in [-0.25, -0.2) is 0 Å². The second-order valence-corrected chi connectivity index (χ2v) is 14.8. The van der Waals surface area contributed by atoms with Gasteiger partial charge >= 0.3 is 4.87 Å². The minimum absolute atomic E-state index is 0.0492. The Morgan fingerprint density at radius 2 is 1.70 bits per heavy atom. The number of rotatable bonds is 6. The SMILES string of the molecule is O=C1C2C3CC(C2C(=O)N1c1ccc(Br)cc1)C1C3Sc2[nH]c(=O)sc2[C@@H]1c1cc([N+](=O)[O-])ccc1OCc1ccccc1. The number of amides is 2. The average molecular weight is 691 g/mol. The molecule has 3 heterocycles. The third-order valence-corrected chi connectivity index (χ3v) is 12.7. The van der Waals surface area contributed by atoms with E-state index in [0.29, 0.717) is 23.4 Å². The summed E-state index contributed by atoms with van der Waals surface area (Å²) in [6, 6.07) is 21.5. The van der Waals surface area contributed by atoms with E-state index < -0.39 is 22.7 Å². The van der Waals surface area contributed by atoms with Crippen molar-refractivity contribution in [3.05, 3.63) is 113 Å². The molecule has 222 valence electrons. The van der Waals surface area contributed by atoms with E-state index in [-0.39, 0.29) is 52.0 Å². The molecule has 1 N–H and O–H groups in total. The Labute approximate surface area is 267 Å². The van der Waals surface area contributed by atoms with Crippen LogP contribution in [0.5, 0.6) is 5.75 Å². The van der Waals surface area contributed by atoms with Crippen molar-refractivity contribution in [2.45, 2.75) is 29.2 Å². The van der Waals surface area contributed by atoms with Gasteiger partial charge in [-0.2, -0.15) is 0 Å². The molecule has 3 aromatic carbocycles. The Hall–Kier alpha value is -3.74. The summed E-state index contributed by atoms with van der Waals surface area (Å²) in [7, 11) is 0. The van der Waals surface area contributed by atoms with Gasteiger partial charge in [0.2, 0.25) is 11.8 Å². The second-order valence-electron chi connectivity index (χ2n) is 11.7. The molecule has 1 aromatic heterocycles. The number of nitro groups is 1. The maximum absolute atomic E-state index is 14.0. The molecule has 2 saturated carbocycles. The van der Waals surface area contributed by atoms with Crippen LogP contribution in [0.1, 0.15) is 28.3 Å². The molecule has 7 atom stereocenters. The van der Waals surface area contributed by atoms with Gasteiger partial charge in [0, 0.05) is 38.2 Å². The number of thioether (sulfide) groups is 1. The summed E-state index contributed by atoms with van der Waals surface area (Å²) in [5.74, 6) is -1.49. The van der Waals surface area contributed by atoms with E-state index in [1.54, 1.807) is 36.0 Å². The summed E-state index contributed by atoms with van der Waals surface area (Å²) < 4.78 is 7.18. The fraction of sp³-hybridized carbons (Fsp3) is 0.281. The molecule has 1 saturated heterocycles. The molecule has 12 heteroatoms. The van der Waals surface area contributed by atoms with Crippen LogP contribution in [0.15, 0.2) is 87.1 Å². The first-order chi connectivity index (χ1) is 21.3. The highest BCUT2D eigenvalue weighted by molar-refractivity contribution is 9.10. The topological polar surface area (TPSA) is 123 Å². The number of nitrogens with one attached hydrogen (secondary N) is 1. The predicted molar refractivity (Wildman–Crippen MR) is 169 cm³/mol.